The van der Waals surface area contributed by atoms with Gasteiger partial charge in [0.2, 0.25) is 6.10 Å². The van der Waals surface area contributed by atoms with Gasteiger partial charge in [-0.05, 0) is 29.7 Å². The highest BCUT2D eigenvalue weighted by Gasteiger charge is 2.49. The van der Waals surface area contributed by atoms with E-state index in [1.807, 2.05) is 13.8 Å². The van der Waals surface area contributed by atoms with Gasteiger partial charge in [-0.3, -0.25) is 4.79 Å². The number of ether oxygens (including phenoxy) is 1. The highest BCUT2D eigenvalue weighted by atomic mass is 35.5. The normalized spacial score (nSPS) is 18.1. The predicted molar refractivity (Wildman–Crippen MR) is 88.5 cm³/mol. The molecule has 0 aromatic heterocycles. The van der Waals surface area contributed by atoms with E-state index in [0.717, 1.165) is 0 Å². The summed E-state index contributed by atoms with van der Waals surface area (Å²) < 4.78 is 45.5. The summed E-state index contributed by atoms with van der Waals surface area (Å²) in [6.45, 7) is 8.51. The van der Waals surface area contributed by atoms with E-state index >= 15 is 0 Å². The Bertz CT molecular complexity index is 697. The molecule has 1 atom stereocenters. The second-order valence-corrected chi connectivity index (χ2v) is 7.69. The van der Waals surface area contributed by atoms with E-state index < -0.39 is 29.1 Å². The summed E-state index contributed by atoms with van der Waals surface area (Å²) in [6.07, 6.45) is -5.69. The van der Waals surface area contributed by atoms with Crippen molar-refractivity contribution in [3.05, 3.63) is 33.9 Å². The Labute approximate surface area is 144 Å². The van der Waals surface area contributed by atoms with Crippen LogP contribution in [0.3, 0.4) is 0 Å². The van der Waals surface area contributed by atoms with Gasteiger partial charge >= 0.3 is 6.18 Å². The fourth-order valence-corrected chi connectivity index (χ4v) is 2.93. The number of hydrogen-bond donors (Lipinski definition) is 0. The van der Waals surface area contributed by atoms with Gasteiger partial charge in [0.15, 0.2) is 5.78 Å². The molecule has 0 radical (unpaired) electrons. The Morgan fingerprint density at radius 1 is 1.21 bits per heavy atom. The van der Waals surface area contributed by atoms with Gasteiger partial charge in [-0.25, -0.2) is 0 Å². The van der Waals surface area contributed by atoms with Crippen molar-refractivity contribution in [1.82, 2.24) is 0 Å². The number of alkyl halides is 3. The van der Waals surface area contributed by atoms with Crippen LogP contribution in [0, 0.1) is 5.41 Å². The van der Waals surface area contributed by atoms with Crippen molar-refractivity contribution < 1.29 is 22.7 Å². The molecule has 24 heavy (non-hydrogen) atoms. The lowest BCUT2D eigenvalue weighted by molar-refractivity contribution is -0.185. The maximum absolute atomic E-state index is 13.4. The molecule has 0 bridgehead atoms. The molecule has 2 nitrogen and oxygen atoms in total. The molecule has 132 valence electrons. The Hall–Kier alpha value is -1.49. The van der Waals surface area contributed by atoms with Crippen molar-refractivity contribution >= 4 is 23.5 Å². The van der Waals surface area contributed by atoms with Crippen LogP contribution < -0.4 is 4.74 Å². The van der Waals surface area contributed by atoms with Gasteiger partial charge in [0.05, 0.1) is 0 Å². The molecule has 1 heterocycles. The first-order valence-corrected chi connectivity index (χ1v) is 8.03. The molecule has 0 spiro atoms. The van der Waals surface area contributed by atoms with Crippen molar-refractivity contribution in [3.63, 3.8) is 0 Å². The third-order valence-electron chi connectivity index (χ3n) is 3.83. The molecule has 1 aliphatic rings. The number of carbonyl (C=O) groups is 1. The highest BCUT2D eigenvalue weighted by Crippen LogP contribution is 2.42. The average molecular weight is 361 g/mol. The zero-order chi connectivity index (χ0) is 18.4. The minimum atomic E-state index is -4.68. The Balaban J connectivity index is 2.62. The van der Waals surface area contributed by atoms with Gasteiger partial charge in [-0.2, -0.15) is 13.2 Å². The highest BCUT2D eigenvalue weighted by molar-refractivity contribution is 6.31. The SMILES string of the molecule is CC(C)c1cc2c(cc1Cl)C=C(C(=O)C(C)(C)C)C(C(F)(F)F)O2. The van der Waals surface area contributed by atoms with Gasteiger partial charge in [0.1, 0.15) is 5.75 Å². The van der Waals surface area contributed by atoms with E-state index in [4.69, 9.17) is 16.3 Å². The zero-order valence-corrected chi connectivity index (χ0v) is 15.0. The fourth-order valence-electron chi connectivity index (χ4n) is 2.54. The average Bonchev–Trinajstić information content (AvgIpc) is 2.42. The molecule has 0 aliphatic carbocycles. The third-order valence-corrected chi connectivity index (χ3v) is 4.16. The van der Waals surface area contributed by atoms with Crippen LogP contribution in [0.5, 0.6) is 5.75 Å². The molecule has 1 aromatic rings. The molecule has 6 heteroatoms. The van der Waals surface area contributed by atoms with Gasteiger partial charge in [0.25, 0.3) is 0 Å². The van der Waals surface area contributed by atoms with E-state index in [-0.39, 0.29) is 11.7 Å². The number of ketones is 1. The number of rotatable bonds is 2. The smallest absolute Gasteiger partial charge is 0.429 e. The summed E-state index contributed by atoms with van der Waals surface area (Å²) in [5.74, 6) is -0.465. The molecular formula is C18H20ClF3O2. The lowest BCUT2D eigenvalue weighted by atomic mass is 9.82. The fraction of sp³-hybridized carbons (Fsp3) is 0.500. The molecule has 1 aliphatic heterocycles. The molecule has 0 amide bonds. The maximum Gasteiger partial charge on any atom is 0.429 e. The summed E-state index contributed by atoms with van der Waals surface area (Å²) in [4.78, 5) is 12.5. The Morgan fingerprint density at radius 2 is 1.79 bits per heavy atom. The number of carbonyl (C=O) groups excluding carboxylic acids is 1. The lowest BCUT2D eigenvalue weighted by Gasteiger charge is -2.31. The predicted octanol–water partition coefficient (Wildman–Crippen LogP) is 5.79. The van der Waals surface area contributed by atoms with E-state index in [0.29, 0.717) is 16.1 Å². The molecule has 1 aromatic carbocycles. The number of hydrogen-bond acceptors (Lipinski definition) is 2. The minimum Gasteiger partial charge on any atom is -0.475 e. The Kier molecular flexibility index (Phi) is 4.79. The molecule has 0 fully saturated rings. The lowest BCUT2D eigenvalue weighted by Crippen LogP contribution is -2.42. The van der Waals surface area contributed by atoms with Crippen LogP contribution in [0.25, 0.3) is 6.08 Å². The van der Waals surface area contributed by atoms with Crippen LogP contribution >= 0.6 is 11.6 Å². The second kappa shape index (κ2) is 6.10. The van der Waals surface area contributed by atoms with Gasteiger partial charge < -0.3 is 4.74 Å². The molecule has 0 N–H and O–H groups in total. The van der Waals surface area contributed by atoms with E-state index in [1.165, 1.54) is 12.1 Å². The molecule has 1 unspecified atom stereocenters. The van der Waals surface area contributed by atoms with Gasteiger partial charge in [-0.15, -0.1) is 0 Å². The van der Waals surface area contributed by atoms with Gasteiger partial charge in [-0.1, -0.05) is 46.2 Å². The van der Waals surface area contributed by atoms with Gasteiger partial charge in [0, 0.05) is 21.6 Å². The number of halogens is 4. The quantitative estimate of drug-likeness (QED) is 0.667. The maximum atomic E-state index is 13.4. The summed E-state index contributed by atoms with van der Waals surface area (Å²) in [5.41, 5.74) is -0.249. The third kappa shape index (κ3) is 3.61. The van der Waals surface area contributed by atoms with Crippen LogP contribution in [-0.2, 0) is 4.79 Å². The van der Waals surface area contributed by atoms with Crippen LogP contribution in [-0.4, -0.2) is 18.1 Å². The van der Waals surface area contributed by atoms with Crippen molar-refractivity contribution in [2.24, 2.45) is 5.41 Å². The summed E-state index contributed by atoms with van der Waals surface area (Å²) in [7, 11) is 0. The van der Waals surface area contributed by atoms with Crippen LogP contribution in [0.1, 0.15) is 51.7 Å². The monoisotopic (exact) mass is 360 g/mol. The first-order chi connectivity index (χ1) is 10.8. The summed E-state index contributed by atoms with van der Waals surface area (Å²) in [6, 6.07) is 3.07. The molecule has 2 rings (SSSR count). The minimum absolute atomic E-state index is 0.0392. The van der Waals surface area contributed by atoms with Crippen molar-refractivity contribution in [3.8, 4) is 5.75 Å². The largest absolute Gasteiger partial charge is 0.475 e. The molecular weight excluding hydrogens is 341 g/mol. The van der Waals surface area contributed by atoms with E-state index in [1.54, 1.807) is 26.8 Å². The second-order valence-electron chi connectivity index (χ2n) is 7.28. The van der Waals surface area contributed by atoms with Crippen molar-refractivity contribution in [1.29, 1.82) is 0 Å². The first-order valence-electron chi connectivity index (χ1n) is 7.65. The first kappa shape index (κ1) is 18.8. The van der Waals surface area contributed by atoms with Crippen molar-refractivity contribution in [2.75, 3.05) is 0 Å². The van der Waals surface area contributed by atoms with E-state index in [9.17, 15) is 18.0 Å². The molecule has 0 saturated heterocycles. The molecule has 0 saturated carbocycles. The number of fused-ring (bicyclic) bond motifs is 1. The zero-order valence-electron chi connectivity index (χ0n) is 14.2. The summed E-state index contributed by atoms with van der Waals surface area (Å²) >= 11 is 6.21. The standard InChI is InChI=1S/C18H20ClF3O2/c1-9(2)11-8-14-10(7-13(11)19)6-12(15(23)17(3,4)5)16(24-14)18(20,21)22/h6-9,16H,1-5H3. The van der Waals surface area contributed by atoms with Crippen molar-refractivity contribution in [2.45, 2.75) is 52.8 Å². The number of benzene rings is 1. The van der Waals surface area contributed by atoms with Crippen LogP contribution in [0.2, 0.25) is 5.02 Å². The van der Waals surface area contributed by atoms with E-state index in [2.05, 4.69) is 0 Å². The van der Waals surface area contributed by atoms with Crippen LogP contribution in [0.4, 0.5) is 13.2 Å². The van der Waals surface area contributed by atoms with Crippen LogP contribution in [0.15, 0.2) is 17.7 Å². The summed E-state index contributed by atoms with van der Waals surface area (Å²) in [5, 5.41) is 0.441. The Morgan fingerprint density at radius 3 is 2.25 bits per heavy atom. The topological polar surface area (TPSA) is 26.3 Å². The number of Topliss-reactive ketones (excluding diaryl/α,β-unsaturated/α-hetero) is 1.